The lowest BCUT2D eigenvalue weighted by atomic mass is 9.88. The number of halogens is 2. The third-order valence-electron chi connectivity index (χ3n) is 5.56. The number of rotatable bonds is 6. The molecule has 2 aromatic carbocycles. The van der Waals surface area contributed by atoms with Crippen LogP contribution in [0.4, 0.5) is 8.78 Å². The lowest BCUT2D eigenvalue weighted by molar-refractivity contribution is -0.119. The molecule has 0 saturated carbocycles. The van der Waals surface area contributed by atoms with Gasteiger partial charge in [-0.05, 0) is 53.5 Å². The highest BCUT2D eigenvalue weighted by Gasteiger charge is 2.37. The van der Waals surface area contributed by atoms with E-state index in [2.05, 4.69) is 59.7 Å². The summed E-state index contributed by atoms with van der Waals surface area (Å²) in [6.45, 7) is 8.50. The van der Waals surface area contributed by atoms with Gasteiger partial charge < -0.3 is 5.32 Å². The van der Waals surface area contributed by atoms with Gasteiger partial charge in [-0.15, -0.1) is 22.0 Å². The first-order chi connectivity index (χ1) is 16.5. The molecule has 1 heterocycles. The van der Waals surface area contributed by atoms with Gasteiger partial charge in [0.1, 0.15) is 0 Å². The van der Waals surface area contributed by atoms with E-state index in [1.807, 2.05) is 30.3 Å². The fourth-order valence-electron chi connectivity index (χ4n) is 4.15. The van der Waals surface area contributed by atoms with E-state index in [9.17, 15) is 13.6 Å². The summed E-state index contributed by atoms with van der Waals surface area (Å²) in [4.78, 5) is 13.0. The molecule has 182 valence electrons. The van der Waals surface area contributed by atoms with Gasteiger partial charge >= 0.3 is 0 Å². The zero-order valence-corrected chi connectivity index (χ0v) is 20.8. The Morgan fingerprint density at radius 1 is 1.14 bits per heavy atom. The molecule has 1 aliphatic carbocycles. The number of thioether (sulfide) groups is 1. The molecule has 0 spiro atoms. The van der Waals surface area contributed by atoms with Gasteiger partial charge in [-0.1, -0.05) is 57.2 Å². The zero-order chi connectivity index (χ0) is 25.2. The van der Waals surface area contributed by atoms with Crippen LogP contribution in [0.25, 0.3) is 17.0 Å². The summed E-state index contributed by atoms with van der Waals surface area (Å²) < 4.78 is 26.5. The lowest BCUT2D eigenvalue weighted by Gasteiger charge is -2.39. The largest absolute Gasteiger partial charge is 0.328 e. The molecule has 9 heteroatoms. The van der Waals surface area contributed by atoms with Gasteiger partial charge in [-0.2, -0.15) is 5.21 Å². The SMILES string of the molecule is CC(C)(C)SC1(C)CC=C(c2ccccc2-c2nn[nH]n2)C=C1NC(=O)Cc1ccc(F)c(F)c1. The van der Waals surface area contributed by atoms with Crippen molar-refractivity contribution in [2.24, 2.45) is 0 Å². The van der Waals surface area contributed by atoms with Gasteiger partial charge in [-0.3, -0.25) is 4.79 Å². The van der Waals surface area contributed by atoms with Gasteiger partial charge in [0.2, 0.25) is 11.7 Å². The van der Waals surface area contributed by atoms with Crippen LogP contribution in [0.15, 0.2) is 60.3 Å². The standard InChI is InChI=1S/C26H27F2N5OS/c1-25(2,3)35-26(4)12-11-17(18-7-5-6-8-19(18)24-30-32-33-31-24)15-22(26)29-23(34)14-16-9-10-20(27)21(28)13-16/h5-11,13,15H,12,14H2,1-4H3,(H,29,34)(H,30,31,32,33). The van der Waals surface area contributed by atoms with E-state index in [0.717, 1.165) is 34.5 Å². The Kier molecular flexibility index (Phi) is 6.89. The molecule has 1 atom stereocenters. The number of nitrogens with one attached hydrogen (secondary N) is 2. The highest BCUT2D eigenvalue weighted by Crippen LogP contribution is 2.46. The quantitative estimate of drug-likeness (QED) is 0.474. The van der Waals surface area contributed by atoms with Gasteiger partial charge in [0, 0.05) is 16.0 Å². The summed E-state index contributed by atoms with van der Waals surface area (Å²) in [6, 6.07) is 11.3. The number of amides is 1. The van der Waals surface area contributed by atoms with Crippen LogP contribution in [0.1, 0.15) is 45.2 Å². The van der Waals surface area contributed by atoms with E-state index in [1.165, 1.54) is 6.07 Å². The van der Waals surface area contributed by atoms with Crippen LogP contribution in [0.5, 0.6) is 0 Å². The van der Waals surface area contributed by atoms with E-state index < -0.39 is 16.4 Å². The average molecular weight is 496 g/mol. The van der Waals surface area contributed by atoms with E-state index >= 15 is 0 Å². The van der Waals surface area contributed by atoms with E-state index in [1.54, 1.807) is 11.8 Å². The Labute approximate surface area is 207 Å². The molecule has 1 aromatic heterocycles. The maximum absolute atomic E-state index is 13.6. The summed E-state index contributed by atoms with van der Waals surface area (Å²) in [5.41, 5.74) is 3.83. The monoisotopic (exact) mass is 495 g/mol. The number of carbonyl (C=O) groups is 1. The van der Waals surface area contributed by atoms with Gasteiger partial charge in [0.15, 0.2) is 11.6 Å². The second-order valence-corrected chi connectivity index (χ2v) is 12.0. The van der Waals surface area contributed by atoms with Crippen molar-refractivity contribution in [2.45, 2.75) is 50.0 Å². The Bertz CT molecular complexity index is 1300. The molecule has 2 N–H and O–H groups in total. The van der Waals surface area contributed by atoms with Crippen molar-refractivity contribution in [3.05, 3.63) is 83.1 Å². The van der Waals surface area contributed by atoms with Crippen LogP contribution in [-0.4, -0.2) is 36.0 Å². The number of hydrogen-bond acceptors (Lipinski definition) is 5. The molecular formula is C26H27F2N5OS. The second kappa shape index (κ2) is 9.73. The maximum atomic E-state index is 13.6. The van der Waals surface area contributed by atoms with Gasteiger partial charge in [0.05, 0.1) is 11.2 Å². The molecule has 0 saturated heterocycles. The summed E-state index contributed by atoms with van der Waals surface area (Å²) >= 11 is 1.76. The van der Waals surface area contributed by atoms with Crippen molar-refractivity contribution in [3.63, 3.8) is 0 Å². The number of nitrogens with zero attached hydrogens (tertiary/aromatic N) is 3. The number of aromatic amines is 1. The second-order valence-electron chi connectivity index (χ2n) is 9.62. The van der Waals surface area contributed by atoms with Crippen molar-refractivity contribution in [1.29, 1.82) is 0 Å². The first-order valence-electron chi connectivity index (χ1n) is 11.2. The number of carbonyl (C=O) groups excluding carboxylic acids is 1. The topological polar surface area (TPSA) is 83.6 Å². The van der Waals surface area contributed by atoms with Crippen molar-refractivity contribution in [1.82, 2.24) is 25.9 Å². The van der Waals surface area contributed by atoms with Crippen molar-refractivity contribution in [2.75, 3.05) is 0 Å². The molecule has 4 rings (SSSR count). The van der Waals surface area contributed by atoms with Crippen LogP contribution >= 0.6 is 11.8 Å². The highest BCUT2D eigenvalue weighted by atomic mass is 32.2. The lowest BCUT2D eigenvalue weighted by Crippen LogP contribution is -2.40. The van der Waals surface area contributed by atoms with E-state index in [-0.39, 0.29) is 17.1 Å². The molecule has 0 radical (unpaired) electrons. The van der Waals surface area contributed by atoms with Gasteiger partial charge in [-0.25, -0.2) is 8.78 Å². The molecule has 0 aliphatic heterocycles. The molecule has 1 amide bonds. The summed E-state index contributed by atoms with van der Waals surface area (Å²) in [5.74, 6) is -1.72. The Morgan fingerprint density at radius 2 is 1.89 bits per heavy atom. The minimum atomic E-state index is -0.969. The van der Waals surface area contributed by atoms with Gasteiger partial charge in [0.25, 0.3) is 0 Å². The average Bonchev–Trinajstić information content (AvgIpc) is 3.31. The highest BCUT2D eigenvalue weighted by molar-refractivity contribution is 8.02. The molecule has 35 heavy (non-hydrogen) atoms. The number of tetrazole rings is 1. The van der Waals surface area contributed by atoms with E-state index in [0.29, 0.717) is 17.8 Å². The van der Waals surface area contributed by atoms with Crippen molar-refractivity contribution >= 4 is 23.2 Å². The fourth-order valence-corrected chi connectivity index (χ4v) is 5.88. The molecular weight excluding hydrogens is 468 g/mol. The smallest absolute Gasteiger partial charge is 0.228 e. The molecule has 6 nitrogen and oxygen atoms in total. The number of allylic oxidation sites excluding steroid dienone is 3. The van der Waals surface area contributed by atoms with Crippen LogP contribution < -0.4 is 5.32 Å². The van der Waals surface area contributed by atoms with Crippen LogP contribution in [0.3, 0.4) is 0 Å². The van der Waals surface area contributed by atoms with Crippen LogP contribution in [-0.2, 0) is 11.2 Å². The summed E-state index contributed by atoms with van der Waals surface area (Å²) in [5, 5.41) is 17.5. The first-order valence-corrected chi connectivity index (χ1v) is 12.1. The molecule has 1 unspecified atom stereocenters. The predicted octanol–water partition coefficient (Wildman–Crippen LogP) is 5.47. The number of benzene rings is 2. The summed E-state index contributed by atoms with van der Waals surface area (Å²) in [6.07, 6.45) is 4.75. The normalized spacial score (nSPS) is 18.1. The zero-order valence-electron chi connectivity index (χ0n) is 20.0. The Morgan fingerprint density at radius 3 is 2.54 bits per heavy atom. The molecule has 1 aliphatic rings. The van der Waals surface area contributed by atoms with Crippen molar-refractivity contribution < 1.29 is 13.6 Å². The first kappa shape index (κ1) is 24.8. The Hall–Kier alpha value is -3.33. The maximum Gasteiger partial charge on any atom is 0.228 e. The van der Waals surface area contributed by atoms with Crippen molar-refractivity contribution in [3.8, 4) is 11.4 Å². The third kappa shape index (κ3) is 5.85. The minimum Gasteiger partial charge on any atom is -0.328 e. The molecule has 0 bridgehead atoms. The molecule has 3 aromatic rings. The third-order valence-corrected chi connectivity index (χ3v) is 7.01. The molecule has 0 fully saturated rings. The fraction of sp³-hybridized carbons (Fsp3) is 0.308. The predicted molar refractivity (Wildman–Crippen MR) is 134 cm³/mol. The number of H-pyrrole nitrogens is 1. The summed E-state index contributed by atoms with van der Waals surface area (Å²) in [7, 11) is 0. The number of aromatic nitrogens is 4. The van der Waals surface area contributed by atoms with Crippen LogP contribution in [0.2, 0.25) is 0 Å². The van der Waals surface area contributed by atoms with E-state index in [4.69, 9.17) is 0 Å². The Balaban J connectivity index is 1.67. The van der Waals surface area contributed by atoms with Crippen LogP contribution in [0, 0.1) is 11.6 Å². The minimum absolute atomic E-state index is 0.0630. The number of hydrogen-bond donors (Lipinski definition) is 2.